The minimum atomic E-state index is -3.69. The second-order valence-corrected chi connectivity index (χ2v) is 11.8. The monoisotopic (exact) mass is 543 g/mol. The molecule has 2 aliphatic heterocycles. The Morgan fingerprint density at radius 1 is 1.25 bits per heavy atom. The van der Waals surface area contributed by atoms with E-state index >= 15 is 0 Å². The van der Waals surface area contributed by atoms with Crippen molar-refractivity contribution in [3.8, 4) is 0 Å². The van der Waals surface area contributed by atoms with Gasteiger partial charge >= 0.3 is 18.1 Å². The van der Waals surface area contributed by atoms with Gasteiger partial charge in [0.15, 0.2) is 0 Å². The minimum absolute atomic E-state index is 0.0170. The molecule has 2 fully saturated rings. The van der Waals surface area contributed by atoms with Crippen molar-refractivity contribution in [3.63, 3.8) is 0 Å². The molecule has 4 N–H and O–H groups in total. The van der Waals surface area contributed by atoms with Gasteiger partial charge in [-0.25, -0.2) is 9.59 Å². The zero-order valence-corrected chi connectivity index (χ0v) is 21.8. The molecule has 2 aromatic rings. The Balaban J connectivity index is 1.37. The SMILES string of the molecule is CC[C@H]1O[C@@H](n2ccc(N)nc2=O)C[C@@H]1OP(O)(=S)OC[C@H]1O[C@@H](n2cc(C)c(=O)[nH]c2=O)C[C@@H]1C. The molecule has 4 rings (SSSR count). The van der Waals surface area contributed by atoms with E-state index in [2.05, 4.69) is 9.97 Å². The first-order valence-electron chi connectivity index (χ1n) is 11.6. The van der Waals surface area contributed by atoms with Gasteiger partial charge in [0.25, 0.3) is 5.56 Å². The van der Waals surface area contributed by atoms with Crippen LogP contribution in [-0.2, 0) is 30.3 Å². The van der Waals surface area contributed by atoms with E-state index in [9.17, 15) is 19.3 Å². The van der Waals surface area contributed by atoms with Crippen molar-refractivity contribution >= 4 is 24.3 Å². The molecule has 1 unspecified atom stereocenters. The topological polar surface area (TPSA) is 173 Å². The highest BCUT2D eigenvalue weighted by Gasteiger charge is 2.41. The van der Waals surface area contributed by atoms with Crippen LogP contribution in [0.3, 0.4) is 0 Å². The second kappa shape index (κ2) is 10.7. The van der Waals surface area contributed by atoms with Crippen molar-refractivity contribution < 1.29 is 23.4 Å². The summed E-state index contributed by atoms with van der Waals surface area (Å²) in [5.41, 5.74) is 4.40. The fourth-order valence-corrected chi connectivity index (χ4v) is 5.88. The number of hydrogen-bond acceptors (Lipinski definition) is 10. The minimum Gasteiger partial charge on any atom is -0.383 e. The molecule has 36 heavy (non-hydrogen) atoms. The molecule has 0 radical (unpaired) electrons. The summed E-state index contributed by atoms with van der Waals surface area (Å²) in [4.78, 5) is 52.8. The molecule has 0 spiro atoms. The Morgan fingerprint density at radius 2 is 1.94 bits per heavy atom. The molecule has 198 valence electrons. The lowest BCUT2D eigenvalue weighted by Crippen LogP contribution is -2.33. The number of nitrogens with two attached hydrogens (primary N) is 1. The van der Waals surface area contributed by atoms with Crippen LogP contribution in [0.15, 0.2) is 32.8 Å². The van der Waals surface area contributed by atoms with Gasteiger partial charge in [0.2, 0.25) is 0 Å². The molecule has 2 aliphatic rings. The van der Waals surface area contributed by atoms with Gasteiger partial charge in [-0.15, -0.1) is 0 Å². The highest BCUT2D eigenvalue weighted by atomic mass is 32.5. The van der Waals surface area contributed by atoms with Crippen molar-refractivity contribution in [2.24, 2.45) is 5.92 Å². The van der Waals surface area contributed by atoms with E-state index in [-0.39, 0.29) is 24.8 Å². The number of aryl methyl sites for hydroxylation is 1. The van der Waals surface area contributed by atoms with Crippen molar-refractivity contribution in [2.75, 3.05) is 12.3 Å². The van der Waals surface area contributed by atoms with Gasteiger partial charge in [-0.2, -0.15) is 4.98 Å². The number of aromatic nitrogens is 4. The first-order chi connectivity index (χ1) is 17.0. The fourth-order valence-electron chi connectivity index (χ4n) is 4.40. The van der Waals surface area contributed by atoms with Crippen LogP contribution in [0.2, 0.25) is 0 Å². The number of ether oxygens (including phenoxy) is 2. The van der Waals surface area contributed by atoms with E-state index in [4.69, 9.17) is 36.1 Å². The maximum Gasteiger partial charge on any atom is 0.351 e. The summed E-state index contributed by atoms with van der Waals surface area (Å²) in [6.07, 6.45) is 1.59. The van der Waals surface area contributed by atoms with Crippen molar-refractivity contribution in [3.05, 3.63) is 55.3 Å². The number of nitrogen functional groups attached to an aromatic ring is 1. The molecule has 2 saturated heterocycles. The van der Waals surface area contributed by atoms with Crippen LogP contribution in [0.1, 0.15) is 51.1 Å². The third kappa shape index (κ3) is 5.86. The molecular formula is C21H30N5O8PS. The van der Waals surface area contributed by atoms with Crippen LogP contribution >= 0.6 is 6.72 Å². The van der Waals surface area contributed by atoms with Gasteiger partial charge in [-0.05, 0) is 43.6 Å². The Labute approximate surface area is 211 Å². The van der Waals surface area contributed by atoms with Crippen LogP contribution < -0.4 is 22.7 Å². The van der Waals surface area contributed by atoms with Crippen molar-refractivity contribution in [1.82, 2.24) is 19.1 Å². The molecule has 0 aliphatic carbocycles. The second-order valence-electron chi connectivity index (χ2n) is 9.04. The van der Waals surface area contributed by atoms with E-state index in [0.717, 1.165) is 0 Å². The molecule has 4 heterocycles. The fraction of sp³-hybridized carbons (Fsp3) is 0.619. The van der Waals surface area contributed by atoms with Gasteiger partial charge in [-0.1, -0.05) is 13.8 Å². The van der Waals surface area contributed by atoms with Gasteiger partial charge < -0.3 is 29.1 Å². The average Bonchev–Trinajstić information content (AvgIpc) is 3.37. The quantitative estimate of drug-likeness (QED) is 0.404. The highest BCUT2D eigenvalue weighted by molar-refractivity contribution is 8.07. The molecule has 2 aromatic heterocycles. The summed E-state index contributed by atoms with van der Waals surface area (Å²) in [6.45, 7) is 1.69. The van der Waals surface area contributed by atoms with Crippen LogP contribution in [0, 0.1) is 12.8 Å². The number of nitrogens with zero attached hydrogens (tertiary/aromatic N) is 3. The van der Waals surface area contributed by atoms with E-state index in [1.54, 1.807) is 6.92 Å². The van der Waals surface area contributed by atoms with E-state index in [1.165, 1.54) is 27.6 Å². The number of hydrogen-bond donors (Lipinski definition) is 3. The zero-order valence-electron chi connectivity index (χ0n) is 20.1. The number of nitrogens with one attached hydrogen (secondary N) is 1. The first kappa shape index (κ1) is 26.9. The lowest BCUT2D eigenvalue weighted by atomic mass is 10.0. The number of aromatic amines is 1. The third-order valence-corrected chi connectivity index (χ3v) is 8.00. The Hall–Kier alpha value is -2.19. The summed E-state index contributed by atoms with van der Waals surface area (Å²) >= 11 is 5.25. The van der Waals surface area contributed by atoms with Crippen LogP contribution in [0.4, 0.5) is 5.82 Å². The average molecular weight is 544 g/mol. The normalized spacial score (nSPS) is 29.9. The summed E-state index contributed by atoms with van der Waals surface area (Å²) in [7, 11) is 0. The van der Waals surface area contributed by atoms with Gasteiger partial charge in [0.1, 0.15) is 18.3 Å². The molecule has 13 nitrogen and oxygen atoms in total. The van der Waals surface area contributed by atoms with E-state index in [0.29, 0.717) is 18.4 Å². The predicted octanol–water partition coefficient (Wildman–Crippen LogP) is 0.924. The number of H-pyrrole nitrogens is 1. The summed E-state index contributed by atoms with van der Waals surface area (Å²) < 4.78 is 26.0. The lowest BCUT2D eigenvalue weighted by Gasteiger charge is -2.24. The summed E-state index contributed by atoms with van der Waals surface area (Å²) in [5, 5.41) is 0. The van der Waals surface area contributed by atoms with Crippen LogP contribution in [0.25, 0.3) is 0 Å². The van der Waals surface area contributed by atoms with Crippen molar-refractivity contribution in [1.29, 1.82) is 0 Å². The maximum absolute atomic E-state index is 12.2. The molecule has 0 saturated carbocycles. The van der Waals surface area contributed by atoms with E-state index in [1.807, 2.05) is 13.8 Å². The van der Waals surface area contributed by atoms with Crippen molar-refractivity contribution in [2.45, 2.75) is 70.8 Å². The zero-order chi connectivity index (χ0) is 26.2. The van der Waals surface area contributed by atoms with Gasteiger partial charge in [0.05, 0.1) is 24.9 Å². The Kier molecular flexibility index (Phi) is 7.95. The Morgan fingerprint density at radius 3 is 2.64 bits per heavy atom. The first-order valence-corrected chi connectivity index (χ1v) is 14.2. The molecule has 15 heteroatoms. The predicted molar refractivity (Wildman–Crippen MR) is 133 cm³/mol. The number of rotatable bonds is 8. The third-order valence-electron chi connectivity index (χ3n) is 6.41. The van der Waals surface area contributed by atoms with Gasteiger partial charge in [-0.3, -0.25) is 18.9 Å². The molecule has 0 aromatic carbocycles. The largest absolute Gasteiger partial charge is 0.383 e. The molecule has 0 amide bonds. The maximum atomic E-state index is 12.2. The van der Waals surface area contributed by atoms with Crippen LogP contribution in [-0.4, -0.2) is 48.9 Å². The molecular weight excluding hydrogens is 513 g/mol. The van der Waals surface area contributed by atoms with Gasteiger partial charge in [0, 0.05) is 24.4 Å². The highest BCUT2D eigenvalue weighted by Crippen LogP contribution is 2.49. The Bertz CT molecular complexity index is 1330. The van der Waals surface area contributed by atoms with Crippen LogP contribution in [0.5, 0.6) is 0 Å². The molecule has 0 bridgehead atoms. The smallest absolute Gasteiger partial charge is 0.351 e. The summed E-state index contributed by atoms with van der Waals surface area (Å²) in [5.74, 6) is 0.0936. The van der Waals surface area contributed by atoms with E-state index < -0.39 is 54.4 Å². The number of anilines is 1. The lowest BCUT2D eigenvalue weighted by molar-refractivity contribution is -0.0355. The molecule has 7 atom stereocenters. The summed E-state index contributed by atoms with van der Waals surface area (Å²) in [6, 6.07) is 1.50. The standard InChI is InChI=1S/C21H30N5O8PS/c1-4-13-14(8-18(32-13)25-6-5-16(22)23-20(25)28)34-35(30,36)31-10-15-11(2)7-17(33-15)26-9-12(3)19(27)24-21(26)29/h5-6,9,11,13-15,17-18H,4,7-8,10H2,1-3H3,(H,30,36)(H2,22,23,28)(H,24,27,29)/t11-,13+,14-,15+,17+,18+,35?/m0/s1.